The summed E-state index contributed by atoms with van der Waals surface area (Å²) in [4.78, 5) is 0. The minimum absolute atomic E-state index is 0.303. The van der Waals surface area contributed by atoms with Crippen molar-refractivity contribution < 1.29 is 9.13 Å². The Morgan fingerprint density at radius 1 is 1.38 bits per heavy atom. The quantitative estimate of drug-likeness (QED) is 0.755. The van der Waals surface area contributed by atoms with Crippen LogP contribution in [0.2, 0.25) is 0 Å². The zero-order chi connectivity index (χ0) is 12.0. The zero-order valence-corrected chi connectivity index (χ0v) is 10.0. The highest BCUT2D eigenvalue weighted by atomic mass is 19.1. The lowest BCUT2D eigenvalue weighted by atomic mass is 10.1. The fourth-order valence-corrected chi connectivity index (χ4v) is 1.54. The van der Waals surface area contributed by atoms with Gasteiger partial charge in [0.15, 0.2) is 11.6 Å². The molecule has 1 aromatic carbocycles. The van der Waals surface area contributed by atoms with Crippen LogP contribution in [0.4, 0.5) is 4.39 Å². The molecule has 1 aromatic rings. The van der Waals surface area contributed by atoms with Crippen LogP contribution < -0.4 is 10.5 Å². The number of hydrogen-bond acceptors (Lipinski definition) is 2. The molecule has 0 spiro atoms. The second-order valence-electron chi connectivity index (χ2n) is 4.32. The molecule has 16 heavy (non-hydrogen) atoms. The predicted molar refractivity (Wildman–Crippen MR) is 63.9 cm³/mol. The molecule has 1 rings (SSSR count). The van der Waals surface area contributed by atoms with Crippen molar-refractivity contribution in [2.24, 2.45) is 11.7 Å². The van der Waals surface area contributed by atoms with Crippen molar-refractivity contribution in [1.29, 1.82) is 0 Å². The fraction of sp³-hybridized carbons (Fsp3) is 0.538. The highest BCUT2D eigenvalue weighted by molar-refractivity contribution is 5.34. The van der Waals surface area contributed by atoms with Crippen molar-refractivity contribution in [2.45, 2.75) is 33.2 Å². The summed E-state index contributed by atoms with van der Waals surface area (Å²) in [6.45, 7) is 5.17. The number of halogens is 1. The summed E-state index contributed by atoms with van der Waals surface area (Å²) in [5, 5.41) is 0. The Morgan fingerprint density at radius 3 is 2.75 bits per heavy atom. The van der Waals surface area contributed by atoms with Crippen molar-refractivity contribution >= 4 is 0 Å². The maximum absolute atomic E-state index is 13.4. The summed E-state index contributed by atoms with van der Waals surface area (Å²) in [6, 6.07) is 4.84. The maximum atomic E-state index is 13.4. The van der Waals surface area contributed by atoms with Gasteiger partial charge in [-0.1, -0.05) is 26.0 Å². The molecule has 0 aliphatic rings. The lowest BCUT2D eigenvalue weighted by Crippen LogP contribution is -2.06. The largest absolute Gasteiger partial charge is 0.490 e. The van der Waals surface area contributed by atoms with Crippen LogP contribution in [-0.4, -0.2) is 6.61 Å². The molecule has 0 saturated heterocycles. The summed E-state index contributed by atoms with van der Waals surface area (Å²) >= 11 is 0. The molecule has 0 aliphatic carbocycles. The minimum atomic E-state index is -0.326. The van der Waals surface area contributed by atoms with E-state index in [1.54, 1.807) is 12.1 Å². The molecule has 0 atom stereocenters. The molecule has 0 aliphatic heterocycles. The van der Waals surface area contributed by atoms with Crippen molar-refractivity contribution in [3.05, 3.63) is 29.6 Å². The van der Waals surface area contributed by atoms with Crippen molar-refractivity contribution in [1.82, 2.24) is 0 Å². The number of nitrogens with two attached hydrogens (primary N) is 1. The van der Waals surface area contributed by atoms with Gasteiger partial charge in [-0.2, -0.15) is 0 Å². The van der Waals surface area contributed by atoms with Gasteiger partial charge in [0.1, 0.15) is 0 Å². The molecule has 0 fully saturated rings. The third kappa shape index (κ3) is 3.81. The van der Waals surface area contributed by atoms with E-state index in [0.717, 1.165) is 18.4 Å². The Balaban J connectivity index is 2.52. The molecular formula is C13H20FNO. The van der Waals surface area contributed by atoms with E-state index in [9.17, 15) is 4.39 Å². The van der Waals surface area contributed by atoms with Crippen LogP contribution in [0.25, 0.3) is 0 Å². The fourth-order valence-electron chi connectivity index (χ4n) is 1.54. The summed E-state index contributed by atoms with van der Waals surface area (Å²) in [7, 11) is 0. The zero-order valence-electron chi connectivity index (χ0n) is 10.0. The molecule has 0 amide bonds. The Labute approximate surface area is 96.6 Å². The normalized spacial score (nSPS) is 10.8. The highest BCUT2D eigenvalue weighted by Crippen LogP contribution is 2.22. The van der Waals surface area contributed by atoms with Crippen molar-refractivity contribution in [3.8, 4) is 5.75 Å². The van der Waals surface area contributed by atoms with E-state index in [1.807, 2.05) is 0 Å². The van der Waals surface area contributed by atoms with Gasteiger partial charge >= 0.3 is 0 Å². The van der Waals surface area contributed by atoms with Crippen LogP contribution in [0.1, 0.15) is 32.3 Å². The monoisotopic (exact) mass is 225 g/mol. The Morgan fingerprint density at radius 2 is 2.12 bits per heavy atom. The summed E-state index contributed by atoms with van der Waals surface area (Å²) in [5.74, 6) is 0.638. The standard InChI is InChI=1S/C13H20FNO/c1-10(2)5-4-8-16-13-11(9-15)6-3-7-12(13)14/h3,6-7,10H,4-5,8-9,15H2,1-2H3. The van der Waals surface area contributed by atoms with Gasteiger partial charge in [-0.05, 0) is 24.8 Å². The Bertz CT molecular complexity index is 326. The van der Waals surface area contributed by atoms with Crippen LogP contribution in [0.15, 0.2) is 18.2 Å². The van der Waals surface area contributed by atoms with Crippen LogP contribution in [0, 0.1) is 11.7 Å². The smallest absolute Gasteiger partial charge is 0.165 e. The molecule has 0 aromatic heterocycles. The van der Waals surface area contributed by atoms with Crippen LogP contribution in [-0.2, 0) is 6.54 Å². The average molecular weight is 225 g/mol. The van der Waals surface area contributed by atoms with Crippen LogP contribution in [0.5, 0.6) is 5.75 Å². The molecule has 3 heteroatoms. The lowest BCUT2D eigenvalue weighted by molar-refractivity contribution is 0.281. The predicted octanol–water partition coefficient (Wildman–Crippen LogP) is 3.10. The molecule has 90 valence electrons. The molecular weight excluding hydrogens is 205 g/mol. The van der Waals surface area contributed by atoms with E-state index >= 15 is 0 Å². The van der Waals surface area contributed by atoms with Gasteiger partial charge in [0.2, 0.25) is 0 Å². The first-order valence-electron chi connectivity index (χ1n) is 5.75. The highest BCUT2D eigenvalue weighted by Gasteiger charge is 2.08. The minimum Gasteiger partial charge on any atom is -0.490 e. The van der Waals surface area contributed by atoms with Gasteiger partial charge in [-0.15, -0.1) is 0 Å². The van der Waals surface area contributed by atoms with Gasteiger partial charge in [0.05, 0.1) is 6.61 Å². The van der Waals surface area contributed by atoms with E-state index in [2.05, 4.69) is 13.8 Å². The second kappa shape index (κ2) is 6.48. The first-order valence-corrected chi connectivity index (χ1v) is 5.75. The van der Waals surface area contributed by atoms with Crippen molar-refractivity contribution in [2.75, 3.05) is 6.61 Å². The number of ether oxygens (including phenoxy) is 1. The van der Waals surface area contributed by atoms with Gasteiger partial charge in [-0.25, -0.2) is 4.39 Å². The number of rotatable bonds is 6. The Hall–Kier alpha value is -1.09. The molecule has 0 unspecified atom stereocenters. The molecule has 2 N–H and O–H groups in total. The molecule has 0 radical (unpaired) electrons. The maximum Gasteiger partial charge on any atom is 0.165 e. The third-order valence-electron chi connectivity index (χ3n) is 2.44. The number of hydrogen-bond donors (Lipinski definition) is 1. The lowest BCUT2D eigenvalue weighted by Gasteiger charge is -2.11. The summed E-state index contributed by atoms with van der Waals surface area (Å²) < 4.78 is 18.9. The third-order valence-corrected chi connectivity index (χ3v) is 2.44. The summed E-state index contributed by atoms with van der Waals surface area (Å²) in [5.41, 5.74) is 6.25. The van der Waals surface area contributed by atoms with Gasteiger partial charge in [0, 0.05) is 12.1 Å². The molecule has 2 nitrogen and oxygen atoms in total. The van der Waals surface area contributed by atoms with E-state index in [4.69, 9.17) is 10.5 Å². The molecule has 0 bridgehead atoms. The Kier molecular flexibility index (Phi) is 5.26. The average Bonchev–Trinajstić information content (AvgIpc) is 2.25. The van der Waals surface area contributed by atoms with E-state index in [-0.39, 0.29) is 5.82 Å². The first-order chi connectivity index (χ1) is 7.65. The van der Waals surface area contributed by atoms with Crippen LogP contribution >= 0.6 is 0 Å². The summed E-state index contributed by atoms with van der Waals surface area (Å²) in [6.07, 6.45) is 2.03. The second-order valence-corrected chi connectivity index (χ2v) is 4.32. The molecule has 0 saturated carbocycles. The van der Waals surface area contributed by atoms with Gasteiger partial charge in [-0.3, -0.25) is 0 Å². The van der Waals surface area contributed by atoms with Gasteiger partial charge in [0.25, 0.3) is 0 Å². The first kappa shape index (κ1) is 13.0. The van der Waals surface area contributed by atoms with E-state index < -0.39 is 0 Å². The van der Waals surface area contributed by atoms with E-state index in [1.165, 1.54) is 6.07 Å². The number of para-hydroxylation sites is 1. The SMILES string of the molecule is CC(C)CCCOc1c(F)cccc1CN. The number of benzene rings is 1. The topological polar surface area (TPSA) is 35.2 Å². The van der Waals surface area contributed by atoms with E-state index in [0.29, 0.717) is 24.8 Å². The van der Waals surface area contributed by atoms with Crippen LogP contribution in [0.3, 0.4) is 0 Å². The van der Waals surface area contributed by atoms with Crippen molar-refractivity contribution in [3.63, 3.8) is 0 Å². The van der Waals surface area contributed by atoms with Gasteiger partial charge < -0.3 is 10.5 Å². The molecule has 0 heterocycles.